The quantitative estimate of drug-likeness (QED) is 0.125. The first kappa shape index (κ1) is 63.0. The van der Waals surface area contributed by atoms with E-state index in [-0.39, 0.29) is 0 Å². The molecule has 18 aromatic rings. The first-order chi connectivity index (χ1) is 50.0. The van der Waals surface area contributed by atoms with Gasteiger partial charge >= 0.3 is 0 Å². The minimum Gasteiger partial charge on any atom is -0.455 e. The largest absolute Gasteiger partial charge is 0.455 e. The van der Waals surface area contributed by atoms with E-state index in [1.807, 2.05) is 36.4 Å². The molecule has 0 fully saturated rings. The summed E-state index contributed by atoms with van der Waals surface area (Å²) in [5.41, 5.74) is 28.2. The molecular weight excluding hydrogens is 1290 g/mol. The molecule has 5 heteroatoms. The van der Waals surface area contributed by atoms with Gasteiger partial charge in [-0.2, -0.15) is 0 Å². The molecule has 0 saturated heterocycles. The topological polar surface area (TPSA) is 41.6 Å². The van der Waals surface area contributed by atoms with E-state index >= 15 is 0 Å². The number of furan rings is 2. The number of para-hydroxylation sites is 4. The first-order valence-corrected chi connectivity index (χ1v) is 34.8. The van der Waals surface area contributed by atoms with Crippen molar-refractivity contribution in [2.24, 2.45) is 0 Å². The highest BCUT2D eigenvalue weighted by molar-refractivity contribution is 9.10. The third-order valence-corrected chi connectivity index (χ3v) is 19.1. The summed E-state index contributed by atoms with van der Waals surface area (Å²) in [6.07, 6.45) is 0. The fourth-order valence-electron chi connectivity index (χ4n) is 13.4. The highest BCUT2D eigenvalue weighted by atomic mass is 79.9. The summed E-state index contributed by atoms with van der Waals surface area (Å²) in [5, 5.41) is 8.07. The van der Waals surface area contributed by atoms with E-state index in [1.165, 1.54) is 55.6 Å². The number of hydrogen-bond donors (Lipinski definition) is 1. The SMILES string of the molecule is Brc1ccc(-c2cccc(-c3cccc4c3oc3ccccc34)c2)cc1.c1ccc(-c2ccc(N(c3ccc(-c4ccccc4)cc3)c3ccc(-c4cccc(-c5cccc6c5oc5ccccc56)c4)cc3)cc2)cc1.c1ccc(-c2ccc(Nc3ccc(-c4ccccc4)cc3)cc2)cc1. The maximum absolute atomic E-state index is 6.37. The summed E-state index contributed by atoms with van der Waals surface area (Å²) in [4.78, 5) is 2.33. The van der Waals surface area contributed by atoms with Crippen molar-refractivity contribution in [2.45, 2.75) is 0 Å². The number of fused-ring (bicyclic) bond motifs is 6. The maximum atomic E-state index is 6.37. The van der Waals surface area contributed by atoms with Crippen molar-refractivity contribution in [3.63, 3.8) is 0 Å². The number of rotatable bonds is 13. The molecule has 480 valence electrons. The molecule has 4 nitrogen and oxygen atoms in total. The van der Waals surface area contributed by atoms with Crippen LogP contribution in [0.15, 0.2) is 414 Å². The molecular formula is C96H67BrN2O2. The highest BCUT2D eigenvalue weighted by Crippen LogP contribution is 2.42. The second-order valence-electron chi connectivity index (χ2n) is 24.9. The summed E-state index contributed by atoms with van der Waals surface area (Å²) in [6, 6.07) is 141. The Morgan fingerprint density at radius 3 is 0.822 bits per heavy atom. The van der Waals surface area contributed by atoms with Crippen molar-refractivity contribution in [3.05, 3.63) is 405 Å². The van der Waals surface area contributed by atoms with Gasteiger partial charge in [-0.05, 0) is 175 Å². The summed E-state index contributed by atoms with van der Waals surface area (Å²) in [5.74, 6) is 0. The van der Waals surface area contributed by atoms with Gasteiger partial charge in [-0.3, -0.25) is 0 Å². The molecule has 0 spiro atoms. The Balaban J connectivity index is 0.000000130. The van der Waals surface area contributed by atoms with Crippen molar-refractivity contribution in [1.82, 2.24) is 0 Å². The summed E-state index contributed by atoms with van der Waals surface area (Å²) in [6.45, 7) is 0. The van der Waals surface area contributed by atoms with Gasteiger partial charge in [-0.15, -0.1) is 0 Å². The van der Waals surface area contributed by atoms with Crippen LogP contribution in [-0.4, -0.2) is 0 Å². The van der Waals surface area contributed by atoms with Crippen molar-refractivity contribution in [2.75, 3.05) is 10.2 Å². The van der Waals surface area contributed by atoms with Gasteiger partial charge in [-0.25, -0.2) is 0 Å². The predicted octanol–water partition coefficient (Wildman–Crippen LogP) is 28.2. The smallest absolute Gasteiger partial charge is 0.143 e. The van der Waals surface area contributed by atoms with Gasteiger partial charge in [-0.1, -0.05) is 319 Å². The lowest BCUT2D eigenvalue weighted by Gasteiger charge is -2.26. The molecule has 0 unspecified atom stereocenters. The van der Waals surface area contributed by atoms with Gasteiger partial charge in [0.05, 0.1) is 0 Å². The molecule has 0 saturated carbocycles. The third kappa shape index (κ3) is 13.9. The van der Waals surface area contributed by atoms with E-state index in [0.717, 1.165) is 110 Å². The zero-order valence-electron chi connectivity index (χ0n) is 55.2. The molecule has 0 bridgehead atoms. The minimum absolute atomic E-state index is 0.913. The van der Waals surface area contributed by atoms with E-state index in [2.05, 4.69) is 390 Å². The van der Waals surface area contributed by atoms with Crippen LogP contribution in [0.4, 0.5) is 28.4 Å². The zero-order chi connectivity index (χ0) is 67.7. The number of hydrogen-bond acceptors (Lipinski definition) is 4. The lowest BCUT2D eigenvalue weighted by molar-refractivity contribution is 0.669. The number of nitrogens with zero attached hydrogens (tertiary/aromatic N) is 1. The first-order valence-electron chi connectivity index (χ1n) is 34.0. The summed E-state index contributed by atoms with van der Waals surface area (Å²) < 4.78 is 13.6. The molecule has 2 aromatic heterocycles. The van der Waals surface area contributed by atoms with Crippen LogP contribution in [0.5, 0.6) is 0 Å². The van der Waals surface area contributed by atoms with E-state index in [4.69, 9.17) is 8.83 Å². The summed E-state index contributed by atoms with van der Waals surface area (Å²) >= 11 is 3.50. The van der Waals surface area contributed by atoms with Crippen LogP contribution in [0.3, 0.4) is 0 Å². The number of anilines is 5. The van der Waals surface area contributed by atoms with Gasteiger partial charge in [0.1, 0.15) is 22.3 Å². The fraction of sp³-hybridized carbons (Fsp3) is 0. The van der Waals surface area contributed by atoms with Crippen LogP contribution in [0.2, 0.25) is 0 Å². The van der Waals surface area contributed by atoms with Gasteiger partial charge in [0, 0.05) is 65.6 Å². The Hall–Kier alpha value is -12.8. The van der Waals surface area contributed by atoms with Crippen molar-refractivity contribution in [1.29, 1.82) is 0 Å². The van der Waals surface area contributed by atoms with Crippen LogP contribution in [-0.2, 0) is 0 Å². The Morgan fingerprint density at radius 2 is 0.465 bits per heavy atom. The molecule has 2 heterocycles. The molecule has 101 heavy (non-hydrogen) atoms. The van der Waals surface area contributed by atoms with Gasteiger partial charge in [0.2, 0.25) is 0 Å². The Morgan fingerprint density at radius 1 is 0.208 bits per heavy atom. The maximum Gasteiger partial charge on any atom is 0.143 e. The monoisotopic (exact) mass is 1360 g/mol. The number of nitrogens with one attached hydrogen (secondary N) is 1. The molecule has 0 amide bonds. The predicted molar refractivity (Wildman–Crippen MR) is 429 cm³/mol. The summed E-state index contributed by atoms with van der Waals surface area (Å²) in [7, 11) is 0. The van der Waals surface area contributed by atoms with Crippen molar-refractivity contribution < 1.29 is 8.83 Å². The highest BCUT2D eigenvalue weighted by Gasteiger charge is 2.17. The van der Waals surface area contributed by atoms with Crippen LogP contribution in [0, 0.1) is 0 Å². The molecule has 1 N–H and O–H groups in total. The zero-order valence-corrected chi connectivity index (χ0v) is 56.8. The average molecular weight is 1360 g/mol. The minimum atomic E-state index is 0.913. The Bertz CT molecular complexity index is 5640. The molecule has 0 radical (unpaired) electrons. The lowest BCUT2D eigenvalue weighted by Crippen LogP contribution is -2.09. The van der Waals surface area contributed by atoms with Crippen LogP contribution < -0.4 is 10.2 Å². The Labute approximate surface area is 597 Å². The lowest BCUT2D eigenvalue weighted by atomic mass is 9.97. The van der Waals surface area contributed by atoms with Gasteiger partial charge in [0.25, 0.3) is 0 Å². The normalized spacial score (nSPS) is 11.0. The van der Waals surface area contributed by atoms with Crippen molar-refractivity contribution in [3.8, 4) is 89.0 Å². The van der Waals surface area contributed by atoms with E-state index in [1.54, 1.807) is 0 Å². The van der Waals surface area contributed by atoms with E-state index < -0.39 is 0 Å². The van der Waals surface area contributed by atoms with Gasteiger partial charge < -0.3 is 19.1 Å². The molecule has 0 aliphatic carbocycles. The average Bonchev–Trinajstić information content (AvgIpc) is 1.65. The van der Waals surface area contributed by atoms with Crippen molar-refractivity contribution >= 4 is 88.2 Å². The van der Waals surface area contributed by atoms with Crippen LogP contribution >= 0.6 is 15.9 Å². The van der Waals surface area contributed by atoms with E-state index in [0.29, 0.717) is 0 Å². The van der Waals surface area contributed by atoms with Gasteiger partial charge in [0.15, 0.2) is 0 Å². The second-order valence-corrected chi connectivity index (χ2v) is 25.9. The standard InChI is InChI=1S/C48H33NO.C24H15BrO.C24H19N/c1-3-11-34(12-4-1)36-21-27-41(28-22-36)49(42-29-23-37(24-30-42)35-13-5-2-6-14-35)43-31-25-38(26-32-43)39-15-9-16-40(33-39)44-18-10-19-46-45-17-7-8-20-47(45)50-48(44)46;25-19-13-11-16(12-14-19)17-5-3-6-18(15-17)20-8-4-9-22-21-7-1-2-10-23(21)26-24(20)22;1-3-7-19(8-4-1)21-11-15-23(16-12-21)25-24-17-13-22(14-18-24)20-9-5-2-6-10-20/h1-33H;1-15H;1-18,25H. The molecule has 16 aromatic carbocycles. The number of benzene rings is 16. The molecule has 0 aliphatic heterocycles. The number of halogens is 1. The molecule has 18 rings (SSSR count). The molecule has 0 atom stereocenters. The molecule has 0 aliphatic rings. The Kier molecular flexibility index (Phi) is 18.1. The van der Waals surface area contributed by atoms with E-state index in [9.17, 15) is 0 Å². The second kappa shape index (κ2) is 29.1. The van der Waals surface area contributed by atoms with Crippen LogP contribution in [0.1, 0.15) is 0 Å². The third-order valence-electron chi connectivity index (χ3n) is 18.5. The van der Waals surface area contributed by atoms with Crippen LogP contribution in [0.25, 0.3) is 133 Å². The fourth-order valence-corrected chi connectivity index (χ4v) is 13.6.